The Balaban J connectivity index is 2.62. The quantitative estimate of drug-likeness (QED) is 0.627. The van der Waals surface area contributed by atoms with Gasteiger partial charge >= 0.3 is 0 Å². The van der Waals surface area contributed by atoms with Crippen molar-refractivity contribution < 1.29 is 9.53 Å². The molecule has 0 aliphatic carbocycles. The molecule has 1 aliphatic rings. The average molecular weight is 229 g/mol. The third-order valence-corrected chi connectivity index (χ3v) is 3.53. The zero-order valence-electron chi connectivity index (χ0n) is 10.5. The number of carbonyl (C=O) groups is 1. The van der Waals surface area contributed by atoms with Gasteiger partial charge in [-0.25, -0.2) is 0 Å². The summed E-state index contributed by atoms with van der Waals surface area (Å²) >= 11 is 0. The van der Waals surface area contributed by atoms with Gasteiger partial charge < -0.3 is 20.7 Å². The summed E-state index contributed by atoms with van der Waals surface area (Å²) < 4.78 is 4.98. The molecule has 2 atom stereocenters. The molecule has 0 saturated carbocycles. The molecule has 0 aromatic carbocycles. The summed E-state index contributed by atoms with van der Waals surface area (Å²) in [5.41, 5.74) is 4.98. The minimum atomic E-state index is -0.551. The lowest BCUT2D eigenvalue weighted by atomic mass is 9.83. The fourth-order valence-corrected chi connectivity index (χ4v) is 2.21. The van der Waals surface area contributed by atoms with Crippen LogP contribution in [0.3, 0.4) is 0 Å². The first-order chi connectivity index (χ1) is 7.52. The highest BCUT2D eigenvalue weighted by Crippen LogP contribution is 2.25. The maximum atomic E-state index is 11.6. The standard InChI is InChI=1S/C11H23N3O2/c1-9-8-11(10(12)15,4-6-14(9)2)13-5-7-16-3/h9,13H,4-8H2,1-3H3,(H2,12,15). The Morgan fingerprint density at radius 1 is 1.69 bits per heavy atom. The van der Waals surface area contributed by atoms with Gasteiger partial charge in [-0.2, -0.15) is 0 Å². The molecule has 3 N–H and O–H groups in total. The number of nitrogens with zero attached hydrogens (tertiary/aromatic N) is 1. The van der Waals surface area contributed by atoms with Gasteiger partial charge in [0.1, 0.15) is 5.54 Å². The van der Waals surface area contributed by atoms with Gasteiger partial charge in [0.2, 0.25) is 5.91 Å². The number of methoxy groups -OCH3 is 1. The van der Waals surface area contributed by atoms with Crippen LogP contribution in [0.5, 0.6) is 0 Å². The number of likely N-dealkylation sites (tertiary alicyclic amines) is 1. The third-order valence-electron chi connectivity index (χ3n) is 3.53. The molecule has 94 valence electrons. The maximum Gasteiger partial charge on any atom is 0.237 e. The summed E-state index contributed by atoms with van der Waals surface area (Å²) in [5, 5.41) is 3.26. The van der Waals surface area contributed by atoms with Crippen molar-refractivity contribution in [3.63, 3.8) is 0 Å². The third kappa shape index (κ3) is 2.93. The van der Waals surface area contributed by atoms with Gasteiger partial charge in [0.05, 0.1) is 6.61 Å². The van der Waals surface area contributed by atoms with Crippen LogP contribution < -0.4 is 11.1 Å². The summed E-state index contributed by atoms with van der Waals surface area (Å²) in [6, 6.07) is 0.372. The Kier molecular flexibility index (Phi) is 4.70. The maximum absolute atomic E-state index is 11.6. The van der Waals surface area contributed by atoms with Gasteiger partial charge in [-0.3, -0.25) is 4.79 Å². The van der Waals surface area contributed by atoms with Gasteiger partial charge in [-0.1, -0.05) is 0 Å². The van der Waals surface area contributed by atoms with E-state index in [1.807, 2.05) is 0 Å². The fraction of sp³-hybridized carbons (Fsp3) is 0.909. The molecule has 1 amide bonds. The van der Waals surface area contributed by atoms with Crippen LogP contribution in [0.15, 0.2) is 0 Å². The number of ether oxygens (including phenoxy) is 1. The molecule has 2 unspecified atom stereocenters. The van der Waals surface area contributed by atoms with Crippen LogP contribution in [0.2, 0.25) is 0 Å². The van der Waals surface area contributed by atoms with Crippen molar-refractivity contribution in [1.29, 1.82) is 0 Å². The molecule has 0 aromatic rings. The summed E-state index contributed by atoms with van der Waals surface area (Å²) in [5.74, 6) is -0.247. The van der Waals surface area contributed by atoms with E-state index in [4.69, 9.17) is 10.5 Å². The van der Waals surface area contributed by atoms with Crippen molar-refractivity contribution in [2.24, 2.45) is 5.73 Å². The SMILES string of the molecule is COCCNC1(C(N)=O)CCN(C)C(C)C1. The molecular formula is C11H23N3O2. The van der Waals surface area contributed by atoms with E-state index in [1.54, 1.807) is 7.11 Å². The smallest absolute Gasteiger partial charge is 0.237 e. The van der Waals surface area contributed by atoms with Crippen molar-refractivity contribution in [1.82, 2.24) is 10.2 Å². The predicted molar refractivity (Wildman–Crippen MR) is 63.1 cm³/mol. The number of primary amides is 1. The summed E-state index contributed by atoms with van der Waals surface area (Å²) in [6.07, 6.45) is 1.54. The van der Waals surface area contributed by atoms with Crippen LogP contribution in [0.25, 0.3) is 0 Å². The zero-order valence-corrected chi connectivity index (χ0v) is 10.5. The van der Waals surface area contributed by atoms with Crippen molar-refractivity contribution in [2.45, 2.75) is 31.3 Å². The molecule has 0 radical (unpaired) electrons. The summed E-state index contributed by atoms with van der Waals surface area (Å²) in [7, 11) is 3.72. The van der Waals surface area contributed by atoms with E-state index in [2.05, 4.69) is 24.2 Å². The van der Waals surface area contributed by atoms with Crippen LogP contribution in [-0.2, 0) is 9.53 Å². The largest absolute Gasteiger partial charge is 0.383 e. The monoisotopic (exact) mass is 229 g/mol. The van der Waals surface area contributed by atoms with Crippen LogP contribution in [-0.4, -0.2) is 56.2 Å². The Morgan fingerprint density at radius 2 is 2.38 bits per heavy atom. The van der Waals surface area contributed by atoms with E-state index in [1.165, 1.54) is 0 Å². The van der Waals surface area contributed by atoms with E-state index >= 15 is 0 Å². The van der Waals surface area contributed by atoms with E-state index in [0.29, 0.717) is 19.2 Å². The number of hydrogen-bond acceptors (Lipinski definition) is 4. The lowest BCUT2D eigenvalue weighted by Crippen LogP contribution is -2.62. The molecule has 16 heavy (non-hydrogen) atoms. The van der Waals surface area contributed by atoms with Crippen LogP contribution >= 0.6 is 0 Å². The molecule has 1 heterocycles. The van der Waals surface area contributed by atoms with E-state index in [9.17, 15) is 4.79 Å². The Morgan fingerprint density at radius 3 is 2.88 bits per heavy atom. The molecule has 5 nitrogen and oxygen atoms in total. The average Bonchev–Trinajstić information content (AvgIpc) is 2.23. The first-order valence-corrected chi connectivity index (χ1v) is 5.76. The first kappa shape index (κ1) is 13.4. The number of amides is 1. The molecule has 5 heteroatoms. The van der Waals surface area contributed by atoms with Crippen molar-refractivity contribution >= 4 is 5.91 Å². The lowest BCUT2D eigenvalue weighted by molar-refractivity contribution is -0.127. The first-order valence-electron chi connectivity index (χ1n) is 5.76. The Bertz CT molecular complexity index is 247. The Hall–Kier alpha value is -0.650. The molecule has 0 spiro atoms. The molecular weight excluding hydrogens is 206 g/mol. The van der Waals surface area contributed by atoms with Crippen molar-refractivity contribution in [2.75, 3.05) is 33.9 Å². The van der Waals surface area contributed by atoms with E-state index in [0.717, 1.165) is 19.4 Å². The molecule has 0 aromatic heterocycles. The topological polar surface area (TPSA) is 67.6 Å². The highest BCUT2D eigenvalue weighted by molar-refractivity contribution is 5.84. The molecule has 0 bridgehead atoms. The lowest BCUT2D eigenvalue weighted by Gasteiger charge is -2.42. The summed E-state index contributed by atoms with van der Waals surface area (Å²) in [4.78, 5) is 13.9. The molecule has 1 rings (SSSR count). The number of rotatable bonds is 5. The second-order valence-corrected chi connectivity index (χ2v) is 4.65. The van der Waals surface area contributed by atoms with E-state index in [-0.39, 0.29) is 5.91 Å². The van der Waals surface area contributed by atoms with Crippen LogP contribution in [0.1, 0.15) is 19.8 Å². The van der Waals surface area contributed by atoms with Crippen molar-refractivity contribution in [3.05, 3.63) is 0 Å². The highest BCUT2D eigenvalue weighted by Gasteiger charge is 2.41. The molecule has 1 aliphatic heterocycles. The van der Waals surface area contributed by atoms with Gasteiger partial charge in [-0.05, 0) is 26.8 Å². The number of carbonyl (C=O) groups excluding carboxylic acids is 1. The van der Waals surface area contributed by atoms with Gasteiger partial charge in [-0.15, -0.1) is 0 Å². The van der Waals surface area contributed by atoms with Crippen molar-refractivity contribution in [3.8, 4) is 0 Å². The van der Waals surface area contributed by atoms with Crippen LogP contribution in [0.4, 0.5) is 0 Å². The van der Waals surface area contributed by atoms with Gasteiger partial charge in [0, 0.05) is 26.2 Å². The predicted octanol–water partition coefficient (Wildman–Crippen LogP) is -0.439. The fourth-order valence-electron chi connectivity index (χ4n) is 2.21. The minimum Gasteiger partial charge on any atom is -0.383 e. The molecule has 1 saturated heterocycles. The van der Waals surface area contributed by atoms with Crippen LogP contribution in [0, 0.1) is 0 Å². The normalized spacial score (nSPS) is 31.6. The highest BCUT2D eigenvalue weighted by atomic mass is 16.5. The van der Waals surface area contributed by atoms with E-state index < -0.39 is 5.54 Å². The summed E-state index contributed by atoms with van der Waals surface area (Å²) in [6.45, 7) is 4.27. The Labute approximate surface area is 97.3 Å². The second kappa shape index (κ2) is 5.61. The zero-order chi connectivity index (χ0) is 12.2. The van der Waals surface area contributed by atoms with Gasteiger partial charge in [0.15, 0.2) is 0 Å². The molecule has 1 fully saturated rings. The number of piperidine rings is 1. The van der Waals surface area contributed by atoms with Gasteiger partial charge in [0.25, 0.3) is 0 Å². The number of hydrogen-bond donors (Lipinski definition) is 2. The number of nitrogens with two attached hydrogens (primary N) is 1. The minimum absolute atomic E-state index is 0.247. The second-order valence-electron chi connectivity index (χ2n) is 4.65. The number of nitrogens with one attached hydrogen (secondary N) is 1.